The predicted molar refractivity (Wildman–Crippen MR) is 53.3 cm³/mol. The van der Waals surface area contributed by atoms with Crippen LogP contribution in [0.4, 0.5) is 0 Å². The summed E-state index contributed by atoms with van der Waals surface area (Å²) in [6, 6.07) is 0.805. The Morgan fingerprint density at radius 2 is 2.08 bits per heavy atom. The van der Waals surface area contributed by atoms with Crippen molar-refractivity contribution in [2.75, 3.05) is 6.54 Å². The highest BCUT2D eigenvalue weighted by Crippen LogP contribution is 2.38. The minimum absolute atomic E-state index is 0.582. The molecule has 1 saturated carbocycles. The van der Waals surface area contributed by atoms with Crippen LogP contribution in [0.2, 0.25) is 0 Å². The summed E-state index contributed by atoms with van der Waals surface area (Å²) in [5, 5.41) is 7.27. The van der Waals surface area contributed by atoms with Gasteiger partial charge in [0.2, 0.25) is 0 Å². The third-order valence-corrected chi connectivity index (χ3v) is 3.91. The van der Waals surface area contributed by atoms with Gasteiger partial charge in [-0.15, -0.1) is 0 Å². The molecule has 3 rings (SSSR count). The Labute approximate surface area is 79.8 Å². The molecule has 13 heavy (non-hydrogen) atoms. The van der Waals surface area contributed by atoms with Gasteiger partial charge in [-0.25, -0.2) is 0 Å². The van der Waals surface area contributed by atoms with E-state index in [1.165, 1.54) is 25.7 Å². The average molecular weight is 178 g/mol. The lowest BCUT2D eigenvalue weighted by molar-refractivity contribution is 0.292. The average Bonchev–Trinajstić information content (AvgIpc) is 2.56. The molecular formula is C11H18N2. The zero-order chi connectivity index (χ0) is 8.67. The van der Waals surface area contributed by atoms with E-state index >= 15 is 0 Å². The maximum atomic E-state index is 3.73. The topological polar surface area (TPSA) is 24.1 Å². The zero-order valence-electron chi connectivity index (χ0n) is 8.00. The lowest BCUT2D eigenvalue weighted by Gasteiger charge is -2.28. The van der Waals surface area contributed by atoms with Gasteiger partial charge in [-0.3, -0.25) is 10.6 Å². The van der Waals surface area contributed by atoms with Crippen LogP contribution in [0, 0.1) is 11.8 Å². The second-order valence-electron chi connectivity index (χ2n) is 4.61. The molecule has 2 heterocycles. The Kier molecular flexibility index (Phi) is 1.91. The van der Waals surface area contributed by atoms with E-state index in [9.17, 15) is 0 Å². The number of hydrogen-bond acceptors (Lipinski definition) is 2. The van der Waals surface area contributed by atoms with Crippen LogP contribution in [-0.4, -0.2) is 18.8 Å². The molecule has 0 spiro atoms. The van der Waals surface area contributed by atoms with Crippen LogP contribution in [0.3, 0.4) is 0 Å². The van der Waals surface area contributed by atoms with E-state index in [2.05, 4.69) is 22.8 Å². The first-order valence-electron chi connectivity index (χ1n) is 5.61. The van der Waals surface area contributed by atoms with Crippen molar-refractivity contribution in [2.24, 2.45) is 11.8 Å². The molecule has 2 heteroatoms. The highest BCUT2D eigenvalue weighted by atomic mass is 15.2. The van der Waals surface area contributed by atoms with Gasteiger partial charge in [-0.1, -0.05) is 25.0 Å². The molecule has 2 nitrogen and oxygen atoms in total. The molecule has 2 aliphatic heterocycles. The van der Waals surface area contributed by atoms with Gasteiger partial charge in [-0.05, 0) is 18.8 Å². The molecule has 0 aromatic rings. The van der Waals surface area contributed by atoms with Crippen molar-refractivity contribution in [3.05, 3.63) is 12.2 Å². The fourth-order valence-electron chi connectivity index (χ4n) is 3.29. The molecule has 4 unspecified atom stereocenters. The lowest BCUT2D eigenvalue weighted by atomic mass is 9.79. The number of hydrogen-bond donors (Lipinski definition) is 2. The maximum absolute atomic E-state index is 3.73. The van der Waals surface area contributed by atoms with Crippen molar-refractivity contribution in [3.63, 3.8) is 0 Å². The van der Waals surface area contributed by atoms with Crippen LogP contribution < -0.4 is 10.6 Å². The number of rotatable bonds is 0. The summed E-state index contributed by atoms with van der Waals surface area (Å²) in [6.45, 7) is 1.05. The van der Waals surface area contributed by atoms with Gasteiger partial charge in [0.1, 0.15) is 0 Å². The van der Waals surface area contributed by atoms with E-state index in [1.54, 1.807) is 0 Å². The van der Waals surface area contributed by atoms with E-state index < -0.39 is 0 Å². The van der Waals surface area contributed by atoms with Crippen LogP contribution >= 0.6 is 0 Å². The lowest BCUT2D eigenvalue weighted by Crippen LogP contribution is -2.45. The van der Waals surface area contributed by atoms with Gasteiger partial charge in [0.25, 0.3) is 0 Å². The molecule has 0 aromatic heterocycles. The smallest absolute Gasteiger partial charge is 0.0644 e. The molecule has 72 valence electrons. The monoisotopic (exact) mass is 178 g/mol. The van der Waals surface area contributed by atoms with E-state index in [1.807, 2.05) is 0 Å². The summed E-state index contributed by atoms with van der Waals surface area (Å²) < 4.78 is 0. The van der Waals surface area contributed by atoms with Crippen LogP contribution in [-0.2, 0) is 0 Å². The Hall–Kier alpha value is -0.340. The summed E-state index contributed by atoms with van der Waals surface area (Å²) in [5.74, 6) is 1.70. The van der Waals surface area contributed by atoms with Gasteiger partial charge < -0.3 is 0 Å². The first-order valence-corrected chi connectivity index (χ1v) is 5.61. The molecule has 1 saturated heterocycles. The van der Waals surface area contributed by atoms with Crippen LogP contribution in [0.1, 0.15) is 25.7 Å². The zero-order valence-corrected chi connectivity index (χ0v) is 8.00. The van der Waals surface area contributed by atoms with Gasteiger partial charge in [0.05, 0.1) is 6.17 Å². The van der Waals surface area contributed by atoms with Gasteiger partial charge in [-0.2, -0.15) is 0 Å². The summed E-state index contributed by atoms with van der Waals surface area (Å²) in [5.41, 5.74) is 0. The third kappa shape index (κ3) is 1.24. The Balaban J connectivity index is 1.82. The Morgan fingerprint density at radius 1 is 1.15 bits per heavy atom. The Morgan fingerprint density at radius 3 is 3.08 bits per heavy atom. The highest BCUT2D eigenvalue weighted by Gasteiger charge is 2.42. The molecule has 0 bridgehead atoms. The van der Waals surface area contributed by atoms with Crippen LogP contribution in [0.25, 0.3) is 0 Å². The summed E-state index contributed by atoms with van der Waals surface area (Å²) in [4.78, 5) is 0. The quantitative estimate of drug-likeness (QED) is 0.546. The van der Waals surface area contributed by atoms with Crippen molar-refractivity contribution >= 4 is 0 Å². The van der Waals surface area contributed by atoms with E-state index in [0.29, 0.717) is 6.17 Å². The molecule has 0 radical (unpaired) electrons. The molecule has 2 N–H and O–H groups in total. The number of nitrogens with one attached hydrogen (secondary N) is 2. The molecule has 2 fully saturated rings. The third-order valence-electron chi connectivity index (χ3n) is 3.91. The van der Waals surface area contributed by atoms with Crippen molar-refractivity contribution < 1.29 is 0 Å². The SMILES string of the molecule is C1=CC2C(NC1)NC1CCCCC12. The van der Waals surface area contributed by atoms with Crippen molar-refractivity contribution in [3.8, 4) is 0 Å². The summed E-state index contributed by atoms with van der Waals surface area (Å²) in [7, 11) is 0. The van der Waals surface area contributed by atoms with Crippen molar-refractivity contribution in [1.29, 1.82) is 0 Å². The van der Waals surface area contributed by atoms with Crippen LogP contribution in [0.5, 0.6) is 0 Å². The predicted octanol–water partition coefficient (Wildman–Crippen LogP) is 1.25. The molecule has 0 amide bonds. The van der Waals surface area contributed by atoms with E-state index in [4.69, 9.17) is 0 Å². The van der Waals surface area contributed by atoms with Gasteiger partial charge in [0, 0.05) is 18.5 Å². The molecule has 4 atom stereocenters. The molecule has 3 aliphatic rings. The minimum Gasteiger partial charge on any atom is -0.298 e. The van der Waals surface area contributed by atoms with Crippen molar-refractivity contribution in [2.45, 2.75) is 37.9 Å². The number of fused-ring (bicyclic) bond motifs is 3. The normalized spacial score (nSPS) is 48.6. The Bertz CT molecular complexity index is 224. The van der Waals surface area contributed by atoms with Gasteiger partial charge in [0.15, 0.2) is 0 Å². The first-order chi connectivity index (χ1) is 6.45. The molecule has 1 aliphatic carbocycles. The largest absolute Gasteiger partial charge is 0.298 e. The van der Waals surface area contributed by atoms with E-state index in [0.717, 1.165) is 24.4 Å². The summed E-state index contributed by atoms with van der Waals surface area (Å²) >= 11 is 0. The molecule has 0 aromatic carbocycles. The standard InChI is InChI=1S/C11H18N2/c1-2-6-10-8(4-1)9-5-3-7-12-11(9)13-10/h3,5,8-13H,1-2,4,6-7H2. The highest BCUT2D eigenvalue weighted by molar-refractivity contribution is 5.10. The second-order valence-corrected chi connectivity index (χ2v) is 4.61. The first kappa shape index (κ1) is 8.01. The van der Waals surface area contributed by atoms with Gasteiger partial charge >= 0.3 is 0 Å². The van der Waals surface area contributed by atoms with Crippen LogP contribution in [0.15, 0.2) is 12.2 Å². The maximum Gasteiger partial charge on any atom is 0.0644 e. The fourth-order valence-corrected chi connectivity index (χ4v) is 3.29. The minimum atomic E-state index is 0.582. The second kappa shape index (κ2) is 3.10. The fraction of sp³-hybridized carbons (Fsp3) is 0.818. The van der Waals surface area contributed by atoms with Crippen molar-refractivity contribution in [1.82, 2.24) is 10.6 Å². The summed E-state index contributed by atoms with van der Waals surface area (Å²) in [6.07, 6.45) is 11.0. The van der Waals surface area contributed by atoms with E-state index in [-0.39, 0.29) is 0 Å². The molecular weight excluding hydrogens is 160 g/mol.